The van der Waals surface area contributed by atoms with E-state index in [9.17, 15) is 18.0 Å². The molecular formula is C24H28O11S. The summed E-state index contributed by atoms with van der Waals surface area (Å²) in [6.45, 7) is 0.444. The van der Waals surface area contributed by atoms with Crippen molar-refractivity contribution in [1.29, 1.82) is 0 Å². The molecule has 2 aromatic rings. The van der Waals surface area contributed by atoms with Gasteiger partial charge in [0.2, 0.25) is 0 Å². The number of sulfone groups is 1. The van der Waals surface area contributed by atoms with Crippen molar-refractivity contribution in [3.63, 3.8) is 0 Å². The van der Waals surface area contributed by atoms with Crippen LogP contribution in [0.3, 0.4) is 0 Å². The van der Waals surface area contributed by atoms with Crippen molar-refractivity contribution in [3.05, 3.63) is 46.9 Å². The van der Waals surface area contributed by atoms with E-state index in [2.05, 4.69) is 4.74 Å². The number of ether oxygens (including phenoxy) is 6. The fraction of sp³-hybridized carbons (Fsp3) is 0.333. The van der Waals surface area contributed by atoms with Gasteiger partial charge in [0.15, 0.2) is 27.9 Å². The highest BCUT2D eigenvalue weighted by Crippen LogP contribution is 2.35. The quantitative estimate of drug-likeness (QED) is 0.322. The van der Waals surface area contributed by atoms with Crippen molar-refractivity contribution in [2.75, 3.05) is 35.0 Å². The van der Waals surface area contributed by atoms with Gasteiger partial charge < -0.3 is 33.5 Å². The highest BCUT2D eigenvalue weighted by Gasteiger charge is 2.18. The zero-order valence-electron chi connectivity index (χ0n) is 20.5. The van der Waals surface area contributed by atoms with Crippen LogP contribution in [0.5, 0.6) is 28.7 Å². The number of hydrogen-bond acceptors (Lipinski definition) is 11. The number of benzene rings is 2. The van der Waals surface area contributed by atoms with E-state index >= 15 is 0 Å². The lowest BCUT2D eigenvalue weighted by atomic mass is 10.1. The molecule has 0 aliphatic rings. The lowest BCUT2D eigenvalue weighted by Gasteiger charge is -2.13. The van der Waals surface area contributed by atoms with Gasteiger partial charge in [-0.2, -0.15) is 0 Å². The van der Waals surface area contributed by atoms with Crippen molar-refractivity contribution in [3.8, 4) is 28.7 Å². The van der Waals surface area contributed by atoms with E-state index in [0.29, 0.717) is 28.4 Å². The van der Waals surface area contributed by atoms with Gasteiger partial charge >= 0.3 is 11.9 Å². The van der Waals surface area contributed by atoms with Crippen LogP contribution in [-0.2, 0) is 29.9 Å². The smallest absolute Gasteiger partial charge is 0.349 e. The van der Waals surface area contributed by atoms with Gasteiger partial charge in [-0.25, -0.2) is 18.0 Å². The largest absolute Gasteiger partial charge is 0.496 e. The first-order chi connectivity index (χ1) is 17.0. The molecule has 0 heterocycles. The van der Waals surface area contributed by atoms with Gasteiger partial charge in [-0.15, -0.1) is 0 Å². The number of rotatable bonds is 12. The van der Waals surface area contributed by atoms with Crippen LogP contribution >= 0.6 is 0 Å². The van der Waals surface area contributed by atoms with Crippen molar-refractivity contribution in [2.24, 2.45) is 0 Å². The molecular weight excluding hydrogens is 496 g/mol. The number of aliphatic hydroxyl groups excluding tert-OH is 1. The molecule has 1 N–H and O–H groups in total. The zero-order valence-corrected chi connectivity index (χ0v) is 21.3. The monoisotopic (exact) mass is 524 g/mol. The summed E-state index contributed by atoms with van der Waals surface area (Å²) in [5, 5.41) is 10.1. The van der Waals surface area contributed by atoms with Crippen LogP contribution in [0, 0.1) is 0 Å². The molecule has 1 unspecified atom stereocenters. The van der Waals surface area contributed by atoms with Crippen molar-refractivity contribution in [2.45, 2.75) is 18.8 Å². The third-order valence-electron chi connectivity index (χ3n) is 4.69. The van der Waals surface area contributed by atoms with Gasteiger partial charge in [0.25, 0.3) is 0 Å². The molecule has 1 atom stereocenters. The van der Waals surface area contributed by atoms with E-state index in [4.69, 9.17) is 28.8 Å². The Kier molecular flexibility index (Phi) is 10.1. The Morgan fingerprint density at radius 1 is 0.917 bits per heavy atom. The zero-order chi connectivity index (χ0) is 26.9. The first kappa shape index (κ1) is 28.5. The van der Waals surface area contributed by atoms with E-state index in [0.717, 1.165) is 5.41 Å². The van der Waals surface area contributed by atoms with Crippen LogP contribution in [0.1, 0.15) is 18.1 Å². The molecule has 0 bridgehead atoms. The minimum Gasteiger partial charge on any atom is -0.496 e. The van der Waals surface area contributed by atoms with Crippen molar-refractivity contribution < 1.29 is 51.5 Å². The Hall–Kier alpha value is -3.77. The Morgan fingerprint density at radius 2 is 1.53 bits per heavy atom. The summed E-state index contributed by atoms with van der Waals surface area (Å²) in [5.41, 5.74) is 0.707. The summed E-state index contributed by atoms with van der Waals surface area (Å²) in [6, 6.07) is 7.46. The van der Waals surface area contributed by atoms with Crippen LogP contribution in [0.15, 0.2) is 35.7 Å². The number of aliphatic hydroxyl groups is 1. The third-order valence-corrected chi connectivity index (χ3v) is 5.97. The summed E-state index contributed by atoms with van der Waals surface area (Å²) in [4.78, 5) is 23.3. The first-order valence-corrected chi connectivity index (χ1v) is 12.2. The summed E-state index contributed by atoms with van der Waals surface area (Å²) in [6.07, 6.45) is -0.0419. The number of carbonyl (C=O) groups excluding carboxylic acids is 2. The molecule has 0 radical (unpaired) electrons. The summed E-state index contributed by atoms with van der Waals surface area (Å²) < 4.78 is 56.4. The number of hydrogen-bond donors (Lipinski definition) is 1. The highest BCUT2D eigenvalue weighted by molar-refractivity contribution is 7.93. The normalized spacial score (nSPS) is 12.1. The molecule has 12 heteroatoms. The van der Waals surface area contributed by atoms with E-state index in [-0.39, 0.29) is 11.5 Å². The second kappa shape index (κ2) is 12.8. The molecule has 0 spiro atoms. The van der Waals surface area contributed by atoms with Crippen LogP contribution in [0.25, 0.3) is 6.08 Å². The fourth-order valence-corrected chi connectivity index (χ4v) is 4.03. The Morgan fingerprint density at radius 3 is 2.06 bits per heavy atom. The van der Waals surface area contributed by atoms with Crippen molar-refractivity contribution >= 4 is 27.9 Å². The maximum atomic E-state index is 12.8. The standard InChI is InChI=1S/C24H28O11S/c1-15(25)24(27)34-13-23(26)35-22-10-16(6-7-19(22)31-3)14-36(28,29)9-8-18-20(32-4)11-17(30-2)12-21(18)33-5/h6-12,15,25H,13-14H2,1-5H3/b9-8+. The van der Waals surface area contributed by atoms with Gasteiger partial charge in [-0.1, -0.05) is 6.07 Å². The van der Waals surface area contributed by atoms with Gasteiger partial charge in [0.1, 0.15) is 23.4 Å². The van der Waals surface area contributed by atoms with E-state index in [1.54, 1.807) is 12.1 Å². The second-order valence-electron chi connectivity index (χ2n) is 7.30. The molecule has 0 amide bonds. The van der Waals surface area contributed by atoms with E-state index in [1.807, 2.05) is 0 Å². The molecule has 0 aliphatic heterocycles. The molecule has 0 saturated heterocycles. The van der Waals surface area contributed by atoms with Gasteiger partial charge in [0, 0.05) is 17.5 Å². The molecule has 11 nitrogen and oxygen atoms in total. The predicted molar refractivity (Wildman–Crippen MR) is 129 cm³/mol. The first-order valence-electron chi connectivity index (χ1n) is 10.5. The lowest BCUT2D eigenvalue weighted by Crippen LogP contribution is -2.25. The number of carbonyl (C=O) groups is 2. The van der Waals surface area contributed by atoms with Crippen LogP contribution < -0.4 is 23.7 Å². The average Bonchev–Trinajstić information content (AvgIpc) is 2.85. The minimum absolute atomic E-state index is 0.0641. The third kappa shape index (κ3) is 7.89. The summed E-state index contributed by atoms with van der Waals surface area (Å²) >= 11 is 0. The van der Waals surface area contributed by atoms with E-state index < -0.39 is 40.2 Å². The maximum Gasteiger partial charge on any atom is 0.349 e. The van der Waals surface area contributed by atoms with Crippen molar-refractivity contribution in [1.82, 2.24) is 0 Å². The predicted octanol–water partition coefficient (Wildman–Crippen LogP) is 2.14. The van der Waals surface area contributed by atoms with E-state index in [1.165, 1.54) is 59.6 Å². The lowest BCUT2D eigenvalue weighted by molar-refractivity contribution is -0.159. The molecule has 0 aromatic heterocycles. The second-order valence-corrected chi connectivity index (χ2v) is 9.19. The van der Waals surface area contributed by atoms with Crippen LogP contribution in [0.4, 0.5) is 0 Å². The molecule has 196 valence electrons. The summed E-state index contributed by atoms with van der Waals surface area (Å²) in [5.74, 6) is -1.07. The number of esters is 2. The Bertz CT molecular complexity index is 1190. The average molecular weight is 525 g/mol. The maximum absolute atomic E-state index is 12.8. The topological polar surface area (TPSA) is 144 Å². The Labute approximate surface area is 209 Å². The molecule has 2 aromatic carbocycles. The molecule has 0 fully saturated rings. The fourth-order valence-electron chi connectivity index (χ4n) is 2.94. The Balaban J connectivity index is 2.23. The van der Waals surface area contributed by atoms with Gasteiger partial charge in [-0.3, -0.25) is 0 Å². The van der Waals surface area contributed by atoms with Gasteiger partial charge in [0.05, 0.1) is 39.8 Å². The van der Waals surface area contributed by atoms with Crippen LogP contribution in [0.2, 0.25) is 0 Å². The summed E-state index contributed by atoms with van der Waals surface area (Å²) in [7, 11) is 1.90. The molecule has 36 heavy (non-hydrogen) atoms. The number of methoxy groups -OCH3 is 4. The molecule has 2 rings (SSSR count). The van der Waals surface area contributed by atoms with Crippen LogP contribution in [-0.4, -0.2) is 66.6 Å². The molecule has 0 saturated carbocycles. The minimum atomic E-state index is -3.80. The highest BCUT2D eigenvalue weighted by atomic mass is 32.2. The SMILES string of the molecule is COc1cc(OC)c(/C=C/S(=O)(=O)Cc2ccc(OC)c(OC(=O)COC(=O)C(C)O)c2)c(OC)c1. The van der Waals surface area contributed by atoms with Gasteiger partial charge in [-0.05, 0) is 30.7 Å². The molecule has 0 aliphatic carbocycles.